The van der Waals surface area contributed by atoms with Crippen molar-refractivity contribution >= 4 is 43.2 Å². The van der Waals surface area contributed by atoms with E-state index in [1.165, 1.54) is 28.7 Å². The Morgan fingerprint density at radius 1 is 1.25 bits per heavy atom. The van der Waals surface area contributed by atoms with Crippen LogP contribution in [0, 0.1) is 0 Å². The van der Waals surface area contributed by atoms with E-state index in [0.29, 0.717) is 28.7 Å². The number of hydrogen-bond donors (Lipinski definition) is 2. The molecule has 0 bridgehead atoms. The van der Waals surface area contributed by atoms with Gasteiger partial charge in [0.2, 0.25) is 10.0 Å². The Balaban J connectivity index is 1.79. The van der Waals surface area contributed by atoms with Gasteiger partial charge in [0, 0.05) is 22.8 Å². The normalized spacial score (nSPS) is 16.1. The molecule has 0 saturated carbocycles. The lowest BCUT2D eigenvalue weighted by Crippen LogP contribution is -2.25. The number of aromatic amines is 1. The van der Waals surface area contributed by atoms with Gasteiger partial charge in [0.1, 0.15) is 5.69 Å². The maximum atomic E-state index is 12.2. The molecule has 9 heteroatoms. The van der Waals surface area contributed by atoms with Crippen molar-refractivity contribution in [2.45, 2.75) is 6.42 Å². The van der Waals surface area contributed by atoms with Crippen LogP contribution < -0.4 is 15.2 Å². The molecule has 1 aliphatic heterocycles. The highest BCUT2D eigenvalue weighted by atomic mass is 79.9. The number of amides is 1. The number of anilines is 2. The SMILES string of the molecule is O=C(Nc1cc(Br)c[nH]c1=O)c1ccc(N2CCCS2(=O)=O)cc1. The first-order valence-electron chi connectivity index (χ1n) is 7.17. The summed E-state index contributed by atoms with van der Waals surface area (Å²) in [4.78, 5) is 26.4. The van der Waals surface area contributed by atoms with E-state index in [0.717, 1.165) is 0 Å². The van der Waals surface area contributed by atoms with E-state index in [4.69, 9.17) is 0 Å². The molecule has 1 amide bonds. The molecule has 2 N–H and O–H groups in total. The summed E-state index contributed by atoms with van der Waals surface area (Å²) in [6.45, 7) is 0.446. The van der Waals surface area contributed by atoms with Crippen LogP contribution in [0.4, 0.5) is 11.4 Å². The highest BCUT2D eigenvalue weighted by Gasteiger charge is 2.28. The van der Waals surface area contributed by atoms with Crippen molar-refractivity contribution in [3.8, 4) is 0 Å². The Morgan fingerprint density at radius 2 is 1.96 bits per heavy atom. The lowest BCUT2D eigenvalue weighted by atomic mass is 10.2. The predicted octanol–water partition coefficient (Wildman–Crippen LogP) is 1.93. The van der Waals surface area contributed by atoms with Gasteiger partial charge in [-0.3, -0.25) is 13.9 Å². The maximum Gasteiger partial charge on any atom is 0.271 e. The fourth-order valence-corrected chi connectivity index (χ4v) is 4.36. The molecule has 0 radical (unpaired) electrons. The summed E-state index contributed by atoms with van der Waals surface area (Å²) in [6, 6.07) is 7.74. The average Bonchev–Trinajstić information content (AvgIpc) is 2.90. The maximum absolute atomic E-state index is 12.2. The number of halogens is 1. The number of carbonyl (C=O) groups is 1. The van der Waals surface area contributed by atoms with Gasteiger partial charge >= 0.3 is 0 Å². The van der Waals surface area contributed by atoms with Crippen LogP contribution in [-0.4, -0.2) is 31.6 Å². The number of aromatic nitrogens is 1. The van der Waals surface area contributed by atoms with Crippen LogP contribution >= 0.6 is 15.9 Å². The molecule has 1 saturated heterocycles. The second kappa shape index (κ2) is 6.40. The van der Waals surface area contributed by atoms with Crippen molar-refractivity contribution in [1.82, 2.24) is 4.98 Å². The zero-order valence-electron chi connectivity index (χ0n) is 12.5. The molecule has 0 aliphatic carbocycles. The number of sulfonamides is 1. The molecule has 0 spiro atoms. The Kier molecular flexibility index (Phi) is 4.46. The molecule has 126 valence electrons. The van der Waals surface area contributed by atoms with Gasteiger partial charge in [0.25, 0.3) is 11.5 Å². The van der Waals surface area contributed by atoms with E-state index in [-0.39, 0.29) is 11.4 Å². The first kappa shape index (κ1) is 16.7. The van der Waals surface area contributed by atoms with E-state index < -0.39 is 21.5 Å². The third kappa shape index (κ3) is 3.36. The quantitative estimate of drug-likeness (QED) is 0.805. The van der Waals surface area contributed by atoms with E-state index in [1.54, 1.807) is 12.1 Å². The highest BCUT2D eigenvalue weighted by molar-refractivity contribution is 9.10. The van der Waals surface area contributed by atoms with Crippen molar-refractivity contribution in [3.63, 3.8) is 0 Å². The van der Waals surface area contributed by atoms with Crippen molar-refractivity contribution < 1.29 is 13.2 Å². The minimum atomic E-state index is -3.25. The number of hydrogen-bond acceptors (Lipinski definition) is 4. The summed E-state index contributed by atoms with van der Waals surface area (Å²) in [5.41, 5.74) is 0.575. The van der Waals surface area contributed by atoms with Gasteiger partial charge in [-0.15, -0.1) is 0 Å². The smallest absolute Gasteiger partial charge is 0.271 e. The number of pyridine rings is 1. The van der Waals surface area contributed by atoms with Crippen molar-refractivity contribution in [1.29, 1.82) is 0 Å². The number of benzene rings is 1. The molecule has 3 rings (SSSR count). The zero-order chi connectivity index (χ0) is 17.3. The van der Waals surface area contributed by atoms with Gasteiger partial charge in [0.05, 0.1) is 11.4 Å². The Bertz CT molecular complexity index is 938. The van der Waals surface area contributed by atoms with Crippen LogP contribution in [0.3, 0.4) is 0 Å². The van der Waals surface area contributed by atoms with Gasteiger partial charge in [-0.1, -0.05) is 0 Å². The summed E-state index contributed by atoms with van der Waals surface area (Å²) in [5.74, 6) is -0.310. The third-order valence-corrected chi connectivity index (χ3v) is 5.96. The summed E-state index contributed by atoms with van der Waals surface area (Å²) in [7, 11) is -3.25. The summed E-state index contributed by atoms with van der Waals surface area (Å²) < 4.78 is 25.8. The zero-order valence-corrected chi connectivity index (χ0v) is 14.9. The minimum Gasteiger partial charge on any atom is -0.326 e. The first-order chi connectivity index (χ1) is 11.4. The second-order valence-electron chi connectivity index (χ2n) is 5.30. The fraction of sp³-hybridized carbons (Fsp3) is 0.200. The van der Waals surface area contributed by atoms with E-state index in [2.05, 4.69) is 26.2 Å². The molecular formula is C15H14BrN3O4S. The molecule has 2 heterocycles. The summed E-state index contributed by atoms with van der Waals surface area (Å²) in [6.07, 6.45) is 2.07. The number of rotatable bonds is 3. The molecule has 0 unspecified atom stereocenters. The first-order valence-corrected chi connectivity index (χ1v) is 9.57. The van der Waals surface area contributed by atoms with Gasteiger partial charge in [-0.2, -0.15) is 0 Å². The number of nitrogens with one attached hydrogen (secondary N) is 2. The largest absolute Gasteiger partial charge is 0.326 e. The molecular weight excluding hydrogens is 398 g/mol. The van der Waals surface area contributed by atoms with Gasteiger partial charge in [-0.05, 0) is 52.7 Å². The third-order valence-electron chi connectivity index (χ3n) is 3.63. The minimum absolute atomic E-state index is 0.126. The van der Waals surface area contributed by atoms with Crippen molar-refractivity contribution in [2.75, 3.05) is 21.9 Å². The molecule has 1 aromatic carbocycles. The molecule has 2 aromatic rings. The Morgan fingerprint density at radius 3 is 2.58 bits per heavy atom. The molecule has 24 heavy (non-hydrogen) atoms. The van der Waals surface area contributed by atoms with Crippen molar-refractivity contribution in [2.24, 2.45) is 0 Å². The van der Waals surface area contributed by atoms with Crippen LogP contribution in [0.25, 0.3) is 0 Å². The fourth-order valence-electron chi connectivity index (χ4n) is 2.45. The monoisotopic (exact) mass is 411 g/mol. The van der Waals surface area contributed by atoms with Gasteiger partial charge in [-0.25, -0.2) is 8.42 Å². The number of nitrogens with zero attached hydrogens (tertiary/aromatic N) is 1. The van der Waals surface area contributed by atoms with Crippen LogP contribution in [0.5, 0.6) is 0 Å². The lowest BCUT2D eigenvalue weighted by molar-refractivity contribution is 0.102. The Hall–Kier alpha value is -2.13. The molecule has 1 fully saturated rings. The van der Waals surface area contributed by atoms with Crippen LogP contribution in [0.15, 0.2) is 45.8 Å². The molecule has 0 atom stereocenters. The van der Waals surface area contributed by atoms with E-state index >= 15 is 0 Å². The summed E-state index contributed by atoms with van der Waals surface area (Å²) >= 11 is 3.22. The Labute approximate surface area is 146 Å². The van der Waals surface area contributed by atoms with Crippen molar-refractivity contribution in [3.05, 3.63) is 56.9 Å². The average molecular weight is 412 g/mol. The lowest BCUT2D eigenvalue weighted by Gasteiger charge is -2.17. The molecule has 7 nitrogen and oxygen atoms in total. The topological polar surface area (TPSA) is 99.3 Å². The predicted molar refractivity (Wildman–Crippen MR) is 94.9 cm³/mol. The number of carbonyl (C=O) groups excluding carboxylic acids is 1. The van der Waals surface area contributed by atoms with E-state index in [9.17, 15) is 18.0 Å². The van der Waals surface area contributed by atoms with E-state index in [1.807, 2.05) is 0 Å². The standard InChI is InChI=1S/C15H14BrN3O4S/c16-11-8-13(15(21)17-9-11)18-14(20)10-2-4-12(5-3-10)19-6-1-7-24(19,22)23/h2-5,8-9H,1,6-7H2,(H,17,21)(H,18,20). The van der Waals surface area contributed by atoms with Crippen LogP contribution in [0.1, 0.15) is 16.8 Å². The highest BCUT2D eigenvalue weighted by Crippen LogP contribution is 2.24. The molecule has 1 aliphatic rings. The van der Waals surface area contributed by atoms with Crippen LogP contribution in [-0.2, 0) is 10.0 Å². The van der Waals surface area contributed by atoms with Crippen LogP contribution in [0.2, 0.25) is 0 Å². The number of H-pyrrole nitrogens is 1. The van der Waals surface area contributed by atoms with Gasteiger partial charge < -0.3 is 10.3 Å². The van der Waals surface area contributed by atoms with Gasteiger partial charge in [0.15, 0.2) is 0 Å². The second-order valence-corrected chi connectivity index (χ2v) is 8.23. The summed E-state index contributed by atoms with van der Waals surface area (Å²) in [5, 5.41) is 2.53. The molecule has 1 aromatic heterocycles.